The molecule has 0 saturated heterocycles. The van der Waals surface area contributed by atoms with Crippen LogP contribution in [0.5, 0.6) is 5.75 Å². The standard InChI is InChI=1S/C11H13N3O/c1-3-15-10-5-4-6-13-11(10)14-8-7-12-9(14)2/h4-8H,3H2,1-2H3. The van der Waals surface area contributed by atoms with E-state index < -0.39 is 0 Å². The molecule has 0 atom stereocenters. The molecule has 0 aliphatic heterocycles. The second-order valence-electron chi connectivity index (χ2n) is 3.10. The first-order valence-electron chi connectivity index (χ1n) is 4.91. The topological polar surface area (TPSA) is 39.9 Å². The molecule has 0 radical (unpaired) electrons. The minimum absolute atomic E-state index is 0.631. The molecule has 4 heteroatoms. The van der Waals surface area contributed by atoms with Crippen LogP contribution in [0.2, 0.25) is 0 Å². The number of aromatic nitrogens is 3. The monoisotopic (exact) mass is 203 g/mol. The van der Waals surface area contributed by atoms with E-state index in [2.05, 4.69) is 9.97 Å². The fraction of sp³-hybridized carbons (Fsp3) is 0.273. The van der Waals surface area contributed by atoms with Crippen molar-refractivity contribution in [3.8, 4) is 11.6 Å². The van der Waals surface area contributed by atoms with Gasteiger partial charge in [-0.15, -0.1) is 0 Å². The summed E-state index contributed by atoms with van der Waals surface area (Å²) in [5.41, 5.74) is 0. The van der Waals surface area contributed by atoms with E-state index in [0.717, 1.165) is 17.4 Å². The lowest BCUT2D eigenvalue weighted by Gasteiger charge is -2.10. The minimum Gasteiger partial charge on any atom is -0.490 e. The van der Waals surface area contributed by atoms with E-state index >= 15 is 0 Å². The van der Waals surface area contributed by atoms with Crippen LogP contribution in [0.1, 0.15) is 12.7 Å². The third-order valence-electron chi connectivity index (χ3n) is 2.10. The van der Waals surface area contributed by atoms with Gasteiger partial charge in [-0.25, -0.2) is 9.97 Å². The molecule has 0 amide bonds. The lowest BCUT2D eigenvalue weighted by atomic mass is 10.4. The second kappa shape index (κ2) is 4.13. The largest absolute Gasteiger partial charge is 0.490 e. The molecule has 0 bridgehead atoms. The zero-order valence-electron chi connectivity index (χ0n) is 8.84. The van der Waals surface area contributed by atoms with Crippen LogP contribution in [0.25, 0.3) is 5.82 Å². The first-order chi connectivity index (χ1) is 7.33. The van der Waals surface area contributed by atoms with Crippen molar-refractivity contribution in [1.82, 2.24) is 14.5 Å². The number of pyridine rings is 1. The van der Waals surface area contributed by atoms with Crippen LogP contribution in [0, 0.1) is 6.92 Å². The van der Waals surface area contributed by atoms with Crippen molar-refractivity contribution in [2.75, 3.05) is 6.61 Å². The summed E-state index contributed by atoms with van der Waals surface area (Å²) in [6.07, 6.45) is 5.37. The van der Waals surface area contributed by atoms with Crippen LogP contribution >= 0.6 is 0 Å². The summed E-state index contributed by atoms with van der Waals surface area (Å²) in [6, 6.07) is 3.77. The fourth-order valence-corrected chi connectivity index (χ4v) is 1.43. The minimum atomic E-state index is 0.631. The first-order valence-corrected chi connectivity index (χ1v) is 4.91. The average Bonchev–Trinajstić information content (AvgIpc) is 2.66. The van der Waals surface area contributed by atoms with Gasteiger partial charge in [-0.3, -0.25) is 4.57 Å². The summed E-state index contributed by atoms with van der Waals surface area (Å²) in [7, 11) is 0. The maximum Gasteiger partial charge on any atom is 0.181 e. The average molecular weight is 203 g/mol. The maximum atomic E-state index is 5.50. The Morgan fingerprint density at radius 2 is 2.20 bits per heavy atom. The van der Waals surface area contributed by atoms with Gasteiger partial charge < -0.3 is 4.74 Å². The molecular formula is C11H13N3O. The van der Waals surface area contributed by atoms with Crippen molar-refractivity contribution in [3.63, 3.8) is 0 Å². The van der Waals surface area contributed by atoms with E-state index in [1.807, 2.05) is 36.7 Å². The molecule has 2 aromatic heterocycles. The summed E-state index contributed by atoms with van der Waals surface area (Å²) in [6.45, 7) is 4.52. The summed E-state index contributed by atoms with van der Waals surface area (Å²) >= 11 is 0. The van der Waals surface area contributed by atoms with Crippen LogP contribution in [-0.2, 0) is 0 Å². The zero-order valence-corrected chi connectivity index (χ0v) is 8.84. The Morgan fingerprint density at radius 3 is 2.87 bits per heavy atom. The lowest BCUT2D eigenvalue weighted by molar-refractivity contribution is 0.337. The highest BCUT2D eigenvalue weighted by Crippen LogP contribution is 2.20. The molecule has 0 aliphatic carbocycles. The molecule has 15 heavy (non-hydrogen) atoms. The van der Waals surface area contributed by atoms with E-state index in [-0.39, 0.29) is 0 Å². The Labute approximate surface area is 88.6 Å². The highest BCUT2D eigenvalue weighted by molar-refractivity contribution is 5.40. The molecule has 0 fully saturated rings. The molecule has 2 heterocycles. The van der Waals surface area contributed by atoms with Gasteiger partial charge in [0.1, 0.15) is 5.82 Å². The van der Waals surface area contributed by atoms with E-state index in [1.165, 1.54) is 0 Å². The Kier molecular flexibility index (Phi) is 2.67. The Hall–Kier alpha value is -1.84. The highest BCUT2D eigenvalue weighted by Gasteiger charge is 2.07. The number of hydrogen-bond donors (Lipinski definition) is 0. The van der Waals surface area contributed by atoms with E-state index in [1.54, 1.807) is 12.4 Å². The molecule has 0 saturated carbocycles. The lowest BCUT2D eigenvalue weighted by Crippen LogP contribution is -2.03. The van der Waals surface area contributed by atoms with Crippen molar-refractivity contribution in [3.05, 3.63) is 36.5 Å². The van der Waals surface area contributed by atoms with E-state index in [9.17, 15) is 0 Å². The van der Waals surface area contributed by atoms with Crippen molar-refractivity contribution in [2.24, 2.45) is 0 Å². The van der Waals surface area contributed by atoms with Crippen LogP contribution in [0.3, 0.4) is 0 Å². The van der Waals surface area contributed by atoms with Crippen molar-refractivity contribution >= 4 is 0 Å². The summed E-state index contributed by atoms with van der Waals surface area (Å²) in [4.78, 5) is 8.46. The number of imidazole rings is 1. The van der Waals surface area contributed by atoms with Gasteiger partial charge in [0.2, 0.25) is 0 Å². The summed E-state index contributed by atoms with van der Waals surface area (Å²) in [5, 5.41) is 0. The predicted octanol–water partition coefficient (Wildman–Crippen LogP) is 1.97. The number of rotatable bonds is 3. The van der Waals surface area contributed by atoms with Gasteiger partial charge >= 0.3 is 0 Å². The molecule has 2 rings (SSSR count). The maximum absolute atomic E-state index is 5.50. The molecule has 0 unspecified atom stereocenters. The normalized spacial score (nSPS) is 10.3. The van der Waals surface area contributed by atoms with Gasteiger partial charge in [0.05, 0.1) is 6.61 Å². The smallest absolute Gasteiger partial charge is 0.181 e. The van der Waals surface area contributed by atoms with E-state index in [4.69, 9.17) is 4.74 Å². The molecule has 0 aliphatic rings. The second-order valence-corrected chi connectivity index (χ2v) is 3.10. The van der Waals surface area contributed by atoms with E-state index in [0.29, 0.717) is 6.61 Å². The van der Waals surface area contributed by atoms with Crippen LogP contribution in [0.4, 0.5) is 0 Å². The molecular weight excluding hydrogens is 190 g/mol. The molecule has 2 aromatic rings. The number of nitrogens with zero attached hydrogens (tertiary/aromatic N) is 3. The van der Waals surface area contributed by atoms with Gasteiger partial charge in [-0.1, -0.05) is 0 Å². The third-order valence-corrected chi connectivity index (χ3v) is 2.10. The number of hydrogen-bond acceptors (Lipinski definition) is 3. The van der Waals surface area contributed by atoms with Gasteiger partial charge in [0.25, 0.3) is 0 Å². The van der Waals surface area contributed by atoms with Crippen molar-refractivity contribution in [1.29, 1.82) is 0 Å². The number of ether oxygens (including phenoxy) is 1. The van der Waals surface area contributed by atoms with Gasteiger partial charge in [0.15, 0.2) is 11.6 Å². The van der Waals surface area contributed by atoms with Gasteiger partial charge in [-0.05, 0) is 26.0 Å². The Bertz CT molecular complexity index is 451. The Morgan fingerprint density at radius 1 is 1.33 bits per heavy atom. The summed E-state index contributed by atoms with van der Waals surface area (Å²) in [5.74, 6) is 2.46. The zero-order chi connectivity index (χ0) is 10.7. The fourth-order valence-electron chi connectivity index (χ4n) is 1.43. The first kappa shape index (κ1) is 9.71. The van der Waals surface area contributed by atoms with Gasteiger partial charge in [0, 0.05) is 18.6 Å². The molecule has 0 spiro atoms. The van der Waals surface area contributed by atoms with Crippen molar-refractivity contribution in [2.45, 2.75) is 13.8 Å². The number of aryl methyl sites for hydroxylation is 1. The SMILES string of the molecule is CCOc1cccnc1-n1ccnc1C. The molecule has 4 nitrogen and oxygen atoms in total. The predicted molar refractivity (Wildman–Crippen MR) is 57.3 cm³/mol. The molecule has 78 valence electrons. The Balaban J connectivity index is 2.48. The van der Waals surface area contributed by atoms with Crippen molar-refractivity contribution < 1.29 is 4.74 Å². The van der Waals surface area contributed by atoms with Crippen LogP contribution in [-0.4, -0.2) is 21.1 Å². The quantitative estimate of drug-likeness (QED) is 0.765. The highest BCUT2D eigenvalue weighted by atomic mass is 16.5. The van der Waals surface area contributed by atoms with Crippen LogP contribution < -0.4 is 4.74 Å². The summed E-state index contributed by atoms with van der Waals surface area (Å²) < 4.78 is 7.41. The van der Waals surface area contributed by atoms with Crippen LogP contribution in [0.15, 0.2) is 30.7 Å². The van der Waals surface area contributed by atoms with Gasteiger partial charge in [-0.2, -0.15) is 0 Å². The molecule has 0 aromatic carbocycles. The molecule has 0 N–H and O–H groups in total. The third kappa shape index (κ3) is 1.83.